The number of primary amides is 1. The number of hydrogen-bond acceptors (Lipinski definition) is 4. The lowest BCUT2D eigenvalue weighted by Crippen LogP contribution is -2.11. The van der Waals surface area contributed by atoms with Crippen molar-refractivity contribution in [2.45, 2.75) is 12.8 Å². The molecular formula is C18H15N3O3. The fourth-order valence-electron chi connectivity index (χ4n) is 2.55. The van der Waals surface area contributed by atoms with Crippen LogP contribution in [0.15, 0.2) is 53.4 Å². The molecule has 2 aromatic heterocycles. The van der Waals surface area contributed by atoms with Crippen molar-refractivity contribution >= 4 is 5.91 Å². The summed E-state index contributed by atoms with van der Waals surface area (Å²) in [5.41, 5.74) is 7.32. The summed E-state index contributed by atoms with van der Waals surface area (Å²) in [7, 11) is 0. The Kier molecular flexibility index (Phi) is 4.08. The maximum absolute atomic E-state index is 11.2. The molecule has 0 saturated heterocycles. The second kappa shape index (κ2) is 6.34. The van der Waals surface area contributed by atoms with Gasteiger partial charge in [-0.05, 0) is 36.2 Å². The molecule has 0 atom stereocenters. The van der Waals surface area contributed by atoms with E-state index < -0.39 is 5.91 Å². The van der Waals surface area contributed by atoms with Gasteiger partial charge in [-0.1, -0.05) is 0 Å². The monoisotopic (exact) mass is 321 g/mol. The van der Waals surface area contributed by atoms with Crippen LogP contribution in [0.3, 0.4) is 0 Å². The van der Waals surface area contributed by atoms with Crippen molar-refractivity contribution in [2.24, 2.45) is 5.73 Å². The number of hydrogen-bond donors (Lipinski definition) is 2. The van der Waals surface area contributed by atoms with Crippen LogP contribution in [0.5, 0.6) is 5.75 Å². The first kappa shape index (κ1) is 15.4. The Hall–Kier alpha value is -3.46. The zero-order valence-electron chi connectivity index (χ0n) is 12.8. The highest BCUT2D eigenvalue weighted by Crippen LogP contribution is 2.23. The number of nitrogens with zero attached hydrogens (tertiary/aromatic N) is 2. The smallest absolute Gasteiger partial charge is 0.252 e. The standard InChI is InChI=1S/C18H15N3O3/c19-9-13-11-21(10-12(13)3-5-15-2-1-7-24-15)14-4-6-16(18(20)23)17(22)8-14/h1-2,4,6-8,10-11,22H,3,5H2,(H2,20,23). The Morgan fingerprint density at radius 2 is 2.12 bits per heavy atom. The number of rotatable bonds is 5. The van der Waals surface area contributed by atoms with Crippen LogP contribution in [0, 0.1) is 11.3 Å². The molecule has 6 nitrogen and oxygen atoms in total. The minimum absolute atomic E-state index is 0.0597. The van der Waals surface area contributed by atoms with Gasteiger partial charge in [0, 0.05) is 30.6 Å². The maximum Gasteiger partial charge on any atom is 0.252 e. The Balaban J connectivity index is 1.88. The van der Waals surface area contributed by atoms with E-state index in [1.165, 1.54) is 12.1 Å². The van der Waals surface area contributed by atoms with Crippen molar-refractivity contribution in [1.29, 1.82) is 5.26 Å². The third-order valence-corrected chi connectivity index (χ3v) is 3.80. The van der Waals surface area contributed by atoms with E-state index in [0.717, 1.165) is 11.3 Å². The van der Waals surface area contributed by atoms with Gasteiger partial charge >= 0.3 is 0 Å². The minimum Gasteiger partial charge on any atom is -0.507 e. The van der Waals surface area contributed by atoms with Crippen LogP contribution in [0.4, 0.5) is 0 Å². The van der Waals surface area contributed by atoms with Crippen molar-refractivity contribution in [3.05, 3.63) is 71.4 Å². The fourth-order valence-corrected chi connectivity index (χ4v) is 2.55. The van der Waals surface area contributed by atoms with E-state index in [1.54, 1.807) is 23.1 Å². The van der Waals surface area contributed by atoms with Crippen LogP contribution in [0.2, 0.25) is 0 Å². The first-order valence-electron chi connectivity index (χ1n) is 7.35. The van der Waals surface area contributed by atoms with Crippen LogP contribution < -0.4 is 5.73 Å². The normalized spacial score (nSPS) is 10.5. The molecule has 2 heterocycles. The number of nitriles is 1. The van der Waals surface area contributed by atoms with Gasteiger partial charge < -0.3 is 19.8 Å². The largest absolute Gasteiger partial charge is 0.507 e. The number of nitrogens with two attached hydrogens (primary N) is 1. The van der Waals surface area contributed by atoms with E-state index in [2.05, 4.69) is 6.07 Å². The summed E-state index contributed by atoms with van der Waals surface area (Å²) in [6, 6.07) is 10.5. The molecule has 6 heteroatoms. The molecule has 0 saturated carbocycles. The van der Waals surface area contributed by atoms with Gasteiger partial charge in [-0.25, -0.2) is 0 Å². The van der Waals surface area contributed by atoms with Crippen molar-refractivity contribution < 1.29 is 14.3 Å². The van der Waals surface area contributed by atoms with Gasteiger partial charge in [0.05, 0.1) is 17.4 Å². The summed E-state index contributed by atoms with van der Waals surface area (Å²) < 4.78 is 7.04. The average molecular weight is 321 g/mol. The number of amides is 1. The van der Waals surface area contributed by atoms with Crippen molar-refractivity contribution in [2.75, 3.05) is 0 Å². The van der Waals surface area contributed by atoms with Gasteiger partial charge in [0.15, 0.2) is 0 Å². The van der Waals surface area contributed by atoms with Gasteiger partial charge in [-0.15, -0.1) is 0 Å². The second-order valence-electron chi connectivity index (χ2n) is 5.36. The zero-order valence-corrected chi connectivity index (χ0v) is 12.8. The minimum atomic E-state index is -0.691. The summed E-state index contributed by atoms with van der Waals surface area (Å²) in [4.78, 5) is 11.2. The summed E-state index contributed by atoms with van der Waals surface area (Å²) in [5, 5.41) is 19.2. The number of carbonyl (C=O) groups excluding carboxylic acids is 1. The van der Waals surface area contributed by atoms with Crippen LogP contribution in [-0.2, 0) is 12.8 Å². The van der Waals surface area contributed by atoms with Crippen LogP contribution in [0.1, 0.15) is 27.2 Å². The molecule has 120 valence electrons. The molecule has 3 rings (SSSR count). The molecule has 3 N–H and O–H groups in total. The lowest BCUT2D eigenvalue weighted by molar-refractivity contribution is 0.0998. The summed E-state index contributed by atoms with van der Waals surface area (Å²) in [5.74, 6) is -0.0251. The zero-order chi connectivity index (χ0) is 17.1. The molecule has 1 amide bonds. The molecule has 0 aliphatic carbocycles. The fraction of sp³-hybridized carbons (Fsp3) is 0.111. The maximum atomic E-state index is 11.2. The molecule has 24 heavy (non-hydrogen) atoms. The number of furan rings is 1. The molecule has 1 aromatic carbocycles. The third kappa shape index (κ3) is 3.01. The second-order valence-corrected chi connectivity index (χ2v) is 5.36. The molecule has 3 aromatic rings. The number of carbonyl (C=O) groups is 1. The quantitative estimate of drug-likeness (QED) is 0.753. The van der Waals surface area contributed by atoms with E-state index in [0.29, 0.717) is 24.1 Å². The number of aromatic nitrogens is 1. The highest BCUT2D eigenvalue weighted by atomic mass is 16.3. The van der Waals surface area contributed by atoms with E-state index in [1.807, 2.05) is 18.3 Å². The van der Waals surface area contributed by atoms with Crippen LogP contribution in [0.25, 0.3) is 5.69 Å². The predicted octanol–water partition coefficient (Wildman–Crippen LogP) is 2.53. The topological polar surface area (TPSA) is 105 Å². The molecule has 0 spiro atoms. The Labute approximate surface area is 138 Å². The van der Waals surface area contributed by atoms with Crippen LogP contribution in [-0.4, -0.2) is 15.6 Å². The van der Waals surface area contributed by atoms with E-state index >= 15 is 0 Å². The number of aromatic hydroxyl groups is 1. The Morgan fingerprint density at radius 1 is 1.29 bits per heavy atom. The average Bonchev–Trinajstić information content (AvgIpc) is 3.21. The number of benzene rings is 1. The molecular weight excluding hydrogens is 306 g/mol. The van der Waals surface area contributed by atoms with Gasteiger partial charge in [0.2, 0.25) is 0 Å². The molecule has 0 aliphatic rings. The molecule has 0 fully saturated rings. The molecule has 0 bridgehead atoms. The molecule has 0 aliphatic heterocycles. The predicted molar refractivity (Wildman–Crippen MR) is 86.8 cm³/mol. The lowest BCUT2D eigenvalue weighted by Gasteiger charge is -2.06. The summed E-state index contributed by atoms with van der Waals surface area (Å²) in [6.07, 6.45) is 6.50. The van der Waals surface area contributed by atoms with Gasteiger partial charge in [-0.3, -0.25) is 4.79 Å². The van der Waals surface area contributed by atoms with Crippen molar-refractivity contribution in [1.82, 2.24) is 4.57 Å². The first-order chi connectivity index (χ1) is 11.6. The highest BCUT2D eigenvalue weighted by Gasteiger charge is 2.12. The van der Waals surface area contributed by atoms with E-state index in [4.69, 9.17) is 10.2 Å². The Morgan fingerprint density at radius 3 is 2.75 bits per heavy atom. The van der Waals surface area contributed by atoms with Crippen molar-refractivity contribution in [3.63, 3.8) is 0 Å². The Bertz CT molecular complexity index is 918. The summed E-state index contributed by atoms with van der Waals surface area (Å²) in [6.45, 7) is 0. The van der Waals surface area contributed by atoms with E-state index in [9.17, 15) is 15.2 Å². The van der Waals surface area contributed by atoms with Gasteiger partial charge in [0.1, 0.15) is 17.6 Å². The van der Waals surface area contributed by atoms with Crippen molar-refractivity contribution in [3.8, 4) is 17.5 Å². The SMILES string of the molecule is N#Cc1cn(-c2ccc(C(N)=O)c(O)c2)cc1CCc1ccco1. The van der Waals surface area contributed by atoms with Gasteiger partial charge in [-0.2, -0.15) is 5.26 Å². The number of aryl methyl sites for hydroxylation is 2. The first-order valence-corrected chi connectivity index (χ1v) is 7.35. The summed E-state index contributed by atoms with van der Waals surface area (Å²) >= 11 is 0. The lowest BCUT2D eigenvalue weighted by atomic mass is 10.1. The van der Waals surface area contributed by atoms with E-state index in [-0.39, 0.29) is 11.3 Å². The highest BCUT2D eigenvalue weighted by molar-refractivity contribution is 5.95. The third-order valence-electron chi connectivity index (χ3n) is 3.80. The van der Waals surface area contributed by atoms with Crippen LogP contribution >= 0.6 is 0 Å². The number of phenols is 1. The molecule has 0 unspecified atom stereocenters. The molecule has 0 radical (unpaired) electrons. The van der Waals surface area contributed by atoms with Gasteiger partial charge in [0.25, 0.3) is 5.91 Å².